The quantitative estimate of drug-likeness (QED) is 0.876. The Kier molecular flexibility index (Phi) is 4.75. The van der Waals surface area contributed by atoms with Crippen molar-refractivity contribution < 1.29 is 14.3 Å². The maximum absolute atomic E-state index is 11.9. The van der Waals surface area contributed by atoms with Crippen molar-refractivity contribution in [2.24, 2.45) is 0 Å². The number of nitrogens with one attached hydrogen (secondary N) is 2. The zero-order valence-electron chi connectivity index (χ0n) is 10.5. The fourth-order valence-electron chi connectivity index (χ4n) is 1.44. The highest BCUT2D eigenvalue weighted by atomic mass is 79.9. The number of amides is 2. The van der Waals surface area contributed by atoms with Crippen molar-refractivity contribution >= 4 is 50.6 Å². The minimum absolute atomic E-state index is 0.180. The Hall–Kier alpha value is -1.86. The fourth-order valence-corrected chi connectivity index (χ4v) is 2.57. The molecule has 2 aromatic rings. The monoisotopic (exact) mass is 354 g/mol. The van der Waals surface area contributed by atoms with Crippen LogP contribution in [0.1, 0.15) is 10.4 Å². The summed E-state index contributed by atoms with van der Waals surface area (Å²) in [5, 5.41) is 7.07. The van der Waals surface area contributed by atoms with E-state index in [0.717, 1.165) is 3.79 Å². The van der Waals surface area contributed by atoms with Gasteiger partial charge in [-0.25, -0.2) is 4.79 Å². The molecule has 0 aliphatic carbocycles. The van der Waals surface area contributed by atoms with Gasteiger partial charge < -0.3 is 10.1 Å². The van der Waals surface area contributed by atoms with Crippen LogP contribution in [-0.4, -0.2) is 19.1 Å². The first-order valence-corrected chi connectivity index (χ1v) is 7.26. The van der Waals surface area contributed by atoms with Crippen LogP contribution < -0.4 is 10.6 Å². The van der Waals surface area contributed by atoms with Crippen molar-refractivity contribution in [1.29, 1.82) is 0 Å². The van der Waals surface area contributed by atoms with Gasteiger partial charge in [0.2, 0.25) is 0 Å². The molecule has 0 saturated carbocycles. The summed E-state index contributed by atoms with van der Waals surface area (Å²) in [5.74, 6) is -0.180. The van der Waals surface area contributed by atoms with Gasteiger partial charge in [0.05, 0.1) is 16.5 Å². The van der Waals surface area contributed by atoms with E-state index in [9.17, 15) is 9.59 Å². The van der Waals surface area contributed by atoms with E-state index in [4.69, 9.17) is 0 Å². The Morgan fingerprint density at radius 1 is 1.15 bits per heavy atom. The summed E-state index contributed by atoms with van der Waals surface area (Å²) < 4.78 is 5.39. The van der Waals surface area contributed by atoms with Gasteiger partial charge in [-0.1, -0.05) is 0 Å². The third-order valence-corrected chi connectivity index (χ3v) is 3.91. The number of benzene rings is 1. The van der Waals surface area contributed by atoms with Crippen molar-refractivity contribution in [2.45, 2.75) is 0 Å². The zero-order chi connectivity index (χ0) is 14.5. The van der Waals surface area contributed by atoms with Crippen LogP contribution in [0, 0.1) is 0 Å². The lowest BCUT2D eigenvalue weighted by Crippen LogP contribution is -2.12. The van der Waals surface area contributed by atoms with Crippen molar-refractivity contribution in [3.8, 4) is 0 Å². The van der Waals surface area contributed by atoms with E-state index < -0.39 is 6.09 Å². The number of carbonyl (C=O) groups is 2. The lowest BCUT2D eigenvalue weighted by atomic mass is 10.2. The molecule has 0 spiro atoms. The minimum atomic E-state index is -0.537. The minimum Gasteiger partial charge on any atom is -0.453 e. The molecular weight excluding hydrogens is 344 g/mol. The van der Waals surface area contributed by atoms with Crippen LogP contribution in [-0.2, 0) is 4.74 Å². The lowest BCUT2D eigenvalue weighted by Gasteiger charge is -2.06. The van der Waals surface area contributed by atoms with E-state index >= 15 is 0 Å². The molecule has 0 aliphatic heterocycles. The third-order valence-electron chi connectivity index (χ3n) is 2.40. The molecule has 2 rings (SSSR count). The Morgan fingerprint density at radius 3 is 2.25 bits per heavy atom. The SMILES string of the molecule is COC(=O)Nc1ccc(NC(=O)c2csc(Br)c2)cc1. The highest BCUT2D eigenvalue weighted by molar-refractivity contribution is 9.11. The molecule has 0 unspecified atom stereocenters. The van der Waals surface area contributed by atoms with Crippen LogP contribution in [0.5, 0.6) is 0 Å². The summed E-state index contributed by atoms with van der Waals surface area (Å²) in [6, 6.07) is 8.51. The van der Waals surface area contributed by atoms with Crippen molar-refractivity contribution in [3.63, 3.8) is 0 Å². The lowest BCUT2D eigenvalue weighted by molar-refractivity contribution is 0.102. The molecule has 104 valence electrons. The molecule has 2 amide bonds. The van der Waals surface area contributed by atoms with Crippen LogP contribution in [0.2, 0.25) is 0 Å². The second kappa shape index (κ2) is 6.53. The number of methoxy groups -OCH3 is 1. The number of carbonyl (C=O) groups excluding carboxylic acids is 2. The average molecular weight is 355 g/mol. The molecule has 0 atom stereocenters. The number of hydrogen-bond acceptors (Lipinski definition) is 4. The standard InChI is InChI=1S/C13H11BrN2O3S/c1-19-13(18)16-10-4-2-9(3-5-10)15-12(17)8-6-11(14)20-7-8/h2-7H,1H3,(H,15,17)(H,16,18). The molecule has 1 aromatic carbocycles. The second-order valence-electron chi connectivity index (χ2n) is 3.79. The van der Waals surface area contributed by atoms with Crippen molar-refractivity contribution in [1.82, 2.24) is 0 Å². The van der Waals surface area contributed by atoms with E-state index in [1.54, 1.807) is 35.7 Å². The van der Waals surface area contributed by atoms with Crippen LogP contribution in [0.3, 0.4) is 0 Å². The van der Waals surface area contributed by atoms with Crippen LogP contribution in [0.25, 0.3) is 0 Å². The Morgan fingerprint density at radius 2 is 1.75 bits per heavy atom. The van der Waals surface area contributed by atoms with E-state index in [1.807, 2.05) is 0 Å². The number of ether oxygens (including phenoxy) is 1. The molecule has 20 heavy (non-hydrogen) atoms. The van der Waals surface area contributed by atoms with E-state index in [0.29, 0.717) is 16.9 Å². The molecule has 0 fully saturated rings. The van der Waals surface area contributed by atoms with Crippen molar-refractivity contribution in [3.05, 3.63) is 45.1 Å². The molecule has 0 aliphatic rings. The van der Waals surface area contributed by atoms with Gasteiger partial charge in [0, 0.05) is 16.8 Å². The molecule has 0 radical (unpaired) electrons. The summed E-state index contributed by atoms with van der Waals surface area (Å²) in [4.78, 5) is 22.9. The van der Waals surface area contributed by atoms with Gasteiger partial charge in [0.25, 0.3) is 5.91 Å². The third kappa shape index (κ3) is 3.82. The Bertz CT molecular complexity index is 625. The summed E-state index contributed by atoms with van der Waals surface area (Å²) in [7, 11) is 1.29. The Labute approximate surface area is 128 Å². The molecule has 0 saturated heterocycles. The molecule has 5 nitrogen and oxygen atoms in total. The normalized spacial score (nSPS) is 9.90. The zero-order valence-corrected chi connectivity index (χ0v) is 12.9. The first-order chi connectivity index (χ1) is 9.58. The topological polar surface area (TPSA) is 67.4 Å². The molecule has 0 bridgehead atoms. The second-order valence-corrected chi connectivity index (χ2v) is 6.08. The maximum atomic E-state index is 11.9. The first-order valence-electron chi connectivity index (χ1n) is 5.59. The molecule has 7 heteroatoms. The first kappa shape index (κ1) is 14.5. The molecule has 2 N–H and O–H groups in total. The highest BCUT2D eigenvalue weighted by Gasteiger charge is 2.08. The van der Waals surface area contributed by atoms with Crippen LogP contribution in [0.15, 0.2) is 39.5 Å². The number of halogens is 1. The Balaban J connectivity index is 2.00. The summed E-state index contributed by atoms with van der Waals surface area (Å²) in [6.45, 7) is 0. The van der Waals surface area contributed by atoms with Crippen LogP contribution >= 0.6 is 27.3 Å². The highest BCUT2D eigenvalue weighted by Crippen LogP contribution is 2.22. The molecular formula is C13H11BrN2O3S. The van der Waals surface area contributed by atoms with Gasteiger partial charge in [-0.15, -0.1) is 11.3 Å². The van der Waals surface area contributed by atoms with E-state index in [2.05, 4.69) is 31.3 Å². The molecule has 1 heterocycles. The number of thiophene rings is 1. The fraction of sp³-hybridized carbons (Fsp3) is 0.0769. The number of anilines is 2. The maximum Gasteiger partial charge on any atom is 0.411 e. The molecule has 1 aromatic heterocycles. The van der Waals surface area contributed by atoms with E-state index in [-0.39, 0.29) is 5.91 Å². The average Bonchev–Trinajstić information content (AvgIpc) is 2.87. The summed E-state index contributed by atoms with van der Waals surface area (Å²) in [6.07, 6.45) is -0.537. The smallest absolute Gasteiger partial charge is 0.411 e. The van der Waals surface area contributed by atoms with Crippen molar-refractivity contribution in [2.75, 3.05) is 17.7 Å². The van der Waals surface area contributed by atoms with Gasteiger partial charge in [-0.05, 0) is 46.3 Å². The van der Waals surface area contributed by atoms with Gasteiger partial charge >= 0.3 is 6.09 Å². The summed E-state index contributed by atoms with van der Waals surface area (Å²) >= 11 is 4.76. The number of rotatable bonds is 3. The van der Waals surface area contributed by atoms with Crippen LogP contribution in [0.4, 0.5) is 16.2 Å². The predicted octanol–water partition coefficient (Wildman–Crippen LogP) is 3.94. The van der Waals surface area contributed by atoms with Gasteiger partial charge in [-0.3, -0.25) is 10.1 Å². The summed E-state index contributed by atoms with van der Waals surface area (Å²) in [5.41, 5.74) is 1.83. The van der Waals surface area contributed by atoms with E-state index in [1.165, 1.54) is 18.4 Å². The van der Waals surface area contributed by atoms with Gasteiger partial charge in [0.15, 0.2) is 0 Å². The van der Waals surface area contributed by atoms with Gasteiger partial charge in [-0.2, -0.15) is 0 Å². The largest absolute Gasteiger partial charge is 0.453 e. The predicted molar refractivity (Wildman–Crippen MR) is 82.4 cm³/mol. The number of hydrogen-bond donors (Lipinski definition) is 2. The van der Waals surface area contributed by atoms with Gasteiger partial charge in [0.1, 0.15) is 0 Å².